The summed E-state index contributed by atoms with van der Waals surface area (Å²) in [6, 6.07) is 9.09. The molecule has 0 spiro atoms. The number of anilines is 1. The third kappa shape index (κ3) is 4.60. The van der Waals surface area contributed by atoms with Gasteiger partial charge in [0.1, 0.15) is 16.5 Å². The molecule has 0 saturated heterocycles. The Labute approximate surface area is 202 Å². The molecule has 4 aromatic heterocycles. The van der Waals surface area contributed by atoms with E-state index in [4.69, 9.17) is 17.3 Å². The summed E-state index contributed by atoms with van der Waals surface area (Å²) in [5.41, 5.74) is 9.96. The number of carbonyl (C=O) groups is 1. The van der Waals surface area contributed by atoms with Crippen LogP contribution in [0.2, 0.25) is 5.15 Å². The van der Waals surface area contributed by atoms with Gasteiger partial charge in [-0.3, -0.25) is 14.5 Å². The molecule has 3 N–H and O–H groups in total. The minimum absolute atomic E-state index is 0.00179. The van der Waals surface area contributed by atoms with E-state index in [0.29, 0.717) is 33.5 Å². The third-order valence-electron chi connectivity index (χ3n) is 5.32. The summed E-state index contributed by atoms with van der Waals surface area (Å²) in [5, 5.41) is 7.73. The molecule has 0 atom stereocenters. The van der Waals surface area contributed by atoms with Gasteiger partial charge in [0.05, 0.1) is 16.9 Å². The largest absolute Gasteiger partial charge is 0.382 e. The number of nitrogens with two attached hydrogens (primary N) is 1. The number of aryl methyl sites for hydroxylation is 3. The smallest absolute Gasteiger partial charge is 0.274 e. The summed E-state index contributed by atoms with van der Waals surface area (Å²) in [7, 11) is 1.80. The van der Waals surface area contributed by atoms with Crippen molar-refractivity contribution in [3.8, 4) is 22.6 Å². The van der Waals surface area contributed by atoms with Gasteiger partial charge < -0.3 is 11.1 Å². The van der Waals surface area contributed by atoms with Crippen LogP contribution in [0, 0.1) is 13.8 Å². The van der Waals surface area contributed by atoms with Crippen molar-refractivity contribution in [1.82, 2.24) is 35.0 Å². The van der Waals surface area contributed by atoms with Gasteiger partial charge in [-0.15, -0.1) is 0 Å². The van der Waals surface area contributed by atoms with Crippen molar-refractivity contribution in [2.45, 2.75) is 33.2 Å². The van der Waals surface area contributed by atoms with E-state index in [2.05, 4.69) is 30.4 Å². The molecule has 0 aliphatic heterocycles. The molecule has 10 heteroatoms. The molecule has 4 heterocycles. The van der Waals surface area contributed by atoms with Gasteiger partial charge in [0.25, 0.3) is 5.91 Å². The fourth-order valence-corrected chi connectivity index (χ4v) is 4.09. The molecule has 0 aliphatic carbocycles. The van der Waals surface area contributed by atoms with Crippen molar-refractivity contribution in [3.63, 3.8) is 0 Å². The molecule has 0 aromatic carbocycles. The second-order valence-electron chi connectivity index (χ2n) is 8.60. The Hall–Kier alpha value is -3.85. The maximum Gasteiger partial charge on any atom is 0.274 e. The number of amides is 1. The Morgan fingerprint density at radius 1 is 1.12 bits per heavy atom. The lowest BCUT2D eigenvalue weighted by Crippen LogP contribution is -2.42. The summed E-state index contributed by atoms with van der Waals surface area (Å²) in [4.78, 5) is 31.2. The van der Waals surface area contributed by atoms with Crippen LogP contribution in [-0.2, 0) is 12.6 Å². The minimum Gasteiger partial charge on any atom is -0.382 e. The highest BCUT2D eigenvalue weighted by Crippen LogP contribution is 2.32. The van der Waals surface area contributed by atoms with Crippen LogP contribution in [0.3, 0.4) is 0 Å². The van der Waals surface area contributed by atoms with Crippen LogP contribution in [0.4, 0.5) is 5.82 Å². The highest BCUT2D eigenvalue weighted by molar-refractivity contribution is 6.29. The highest BCUT2D eigenvalue weighted by atomic mass is 35.5. The first-order valence-electron chi connectivity index (χ1n) is 10.6. The standard InChI is InChI=1S/C24H25ClN8O/c1-13-7-6-9-27-21(13)24(3,4)31-23(34)20-22(26)30-19(16-8-10-33(5)32-16)18(29-20)15-11-14(2)28-17(25)12-15/h6-12H,1-5H3,(H2,26,30)(H,31,34). The van der Waals surface area contributed by atoms with E-state index >= 15 is 0 Å². The van der Waals surface area contributed by atoms with E-state index < -0.39 is 11.4 Å². The number of nitrogen functional groups attached to an aromatic ring is 1. The SMILES string of the molecule is Cc1cc(-c2nc(C(=O)NC(C)(C)c3ncccc3C)c(N)nc2-c2ccn(C)n2)cc(Cl)n1. The van der Waals surface area contributed by atoms with E-state index in [1.165, 1.54) is 0 Å². The summed E-state index contributed by atoms with van der Waals surface area (Å²) in [6.07, 6.45) is 3.49. The molecule has 4 rings (SSSR count). The summed E-state index contributed by atoms with van der Waals surface area (Å²) < 4.78 is 1.65. The number of hydrogen-bond donors (Lipinski definition) is 2. The quantitative estimate of drug-likeness (QED) is 0.419. The second-order valence-corrected chi connectivity index (χ2v) is 8.98. The lowest BCUT2D eigenvalue weighted by Gasteiger charge is -2.27. The monoisotopic (exact) mass is 476 g/mol. The highest BCUT2D eigenvalue weighted by Gasteiger charge is 2.29. The molecule has 0 saturated carbocycles. The van der Waals surface area contributed by atoms with Crippen LogP contribution in [0.1, 0.15) is 41.3 Å². The fraction of sp³-hybridized carbons (Fsp3) is 0.250. The number of carbonyl (C=O) groups excluding carboxylic acids is 1. The molecule has 0 fully saturated rings. The molecule has 174 valence electrons. The van der Waals surface area contributed by atoms with Crippen molar-refractivity contribution in [2.75, 3.05) is 5.73 Å². The van der Waals surface area contributed by atoms with Crippen molar-refractivity contribution in [3.05, 3.63) is 70.5 Å². The van der Waals surface area contributed by atoms with E-state index in [9.17, 15) is 4.79 Å². The Bertz CT molecular complexity index is 1380. The number of rotatable bonds is 5. The number of halogens is 1. The molecule has 1 amide bonds. The molecule has 9 nitrogen and oxygen atoms in total. The second kappa shape index (κ2) is 8.83. The minimum atomic E-state index is -0.771. The Morgan fingerprint density at radius 2 is 1.88 bits per heavy atom. The van der Waals surface area contributed by atoms with E-state index in [0.717, 1.165) is 11.3 Å². The van der Waals surface area contributed by atoms with Crippen molar-refractivity contribution >= 4 is 23.3 Å². The van der Waals surface area contributed by atoms with Gasteiger partial charge in [0, 0.05) is 30.7 Å². The van der Waals surface area contributed by atoms with Gasteiger partial charge in [-0.05, 0) is 57.5 Å². The van der Waals surface area contributed by atoms with Gasteiger partial charge in [0.2, 0.25) is 0 Å². The molecule has 0 aliphatic rings. The Kier molecular flexibility index (Phi) is 6.05. The van der Waals surface area contributed by atoms with Gasteiger partial charge >= 0.3 is 0 Å². The zero-order valence-corrected chi connectivity index (χ0v) is 20.3. The average Bonchev–Trinajstić information content (AvgIpc) is 3.18. The third-order valence-corrected chi connectivity index (χ3v) is 5.51. The zero-order valence-electron chi connectivity index (χ0n) is 19.6. The van der Waals surface area contributed by atoms with Crippen molar-refractivity contribution in [1.29, 1.82) is 0 Å². The summed E-state index contributed by atoms with van der Waals surface area (Å²) >= 11 is 6.22. The number of hydrogen-bond acceptors (Lipinski definition) is 7. The van der Waals surface area contributed by atoms with Crippen LogP contribution < -0.4 is 11.1 Å². The Morgan fingerprint density at radius 3 is 2.53 bits per heavy atom. The molecule has 34 heavy (non-hydrogen) atoms. The van der Waals surface area contributed by atoms with E-state index in [-0.39, 0.29) is 11.5 Å². The fourth-order valence-electron chi connectivity index (χ4n) is 3.84. The van der Waals surface area contributed by atoms with E-state index in [1.54, 1.807) is 36.3 Å². The maximum absolute atomic E-state index is 13.4. The summed E-state index contributed by atoms with van der Waals surface area (Å²) in [5.74, 6) is -0.474. The number of nitrogens with zero attached hydrogens (tertiary/aromatic N) is 6. The predicted molar refractivity (Wildman–Crippen MR) is 131 cm³/mol. The van der Waals surface area contributed by atoms with Crippen LogP contribution in [0.25, 0.3) is 22.6 Å². The lowest BCUT2D eigenvalue weighted by molar-refractivity contribution is 0.0906. The van der Waals surface area contributed by atoms with Crippen molar-refractivity contribution < 1.29 is 4.79 Å². The molecular formula is C24H25ClN8O. The van der Waals surface area contributed by atoms with Gasteiger partial charge in [-0.25, -0.2) is 15.0 Å². The summed E-state index contributed by atoms with van der Waals surface area (Å²) in [6.45, 7) is 7.52. The number of pyridine rings is 2. The average molecular weight is 477 g/mol. The van der Waals surface area contributed by atoms with Crippen LogP contribution in [0.15, 0.2) is 42.7 Å². The van der Waals surface area contributed by atoms with Crippen LogP contribution in [0.5, 0.6) is 0 Å². The van der Waals surface area contributed by atoms with Gasteiger partial charge in [-0.2, -0.15) is 5.10 Å². The topological polar surface area (TPSA) is 124 Å². The molecule has 4 aromatic rings. The molecule has 0 unspecified atom stereocenters. The van der Waals surface area contributed by atoms with E-state index in [1.807, 2.05) is 45.9 Å². The first kappa shape index (κ1) is 23.3. The van der Waals surface area contributed by atoms with Crippen LogP contribution >= 0.6 is 11.6 Å². The normalized spacial score (nSPS) is 11.5. The first-order chi connectivity index (χ1) is 16.0. The number of aromatic nitrogens is 6. The molecule has 0 radical (unpaired) electrons. The van der Waals surface area contributed by atoms with Crippen molar-refractivity contribution in [2.24, 2.45) is 7.05 Å². The number of nitrogens with one attached hydrogen (secondary N) is 1. The Balaban J connectivity index is 1.82. The zero-order chi connectivity index (χ0) is 24.6. The van der Waals surface area contributed by atoms with Gasteiger partial charge in [0.15, 0.2) is 11.5 Å². The maximum atomic E-state index is 13.4. The first-order valence-corrected chi connectivity index (χ1v) is 11.0. The van der Waals surface area contributed by atoms with Gasteiger partial charge in [-0.1, -0.05) is 17.7 Å². The lowest BCUT2D eigenvalue weighted by atomic mass is 9.95. The predicted octanol–water partition coefficient (Wildman–Crippen LogP) is 3.85. The molecule has 0 bridgehead atoms. The van der Waals surface area contributed by atoms with Crippen LogP contribution in [-0.4, -0.2) is 35.6 Å². The molecular weight excluding hydrogens is 452 g/mol.